The lowest BCUT2D eigenvalue weighted by Crippen LogP contribution is -2.47. The van der Waals surface area contributed by atoms with Crippen LogP contribution in [0.5, 0.6) is 11.6 Å². The highest BCUT2D eigenvalue weighted by atomic mass is 79.9. The van der Waals surface area contributed by atoms with E-state index in [-0.39, 0.29) is 17.7 Å². The number of carbonyl (C=O) groups is 2. The van der Waals surface area contributed by atoms with Gasteiger partial charge in [-0.2, -0.15) is 0 Å². The Morgan fingerprint density at radius 2 is 2.00 bits per heavy atom. The van der Waals surface area contributed by atoms with E-state index in [4.69, 9.17) is 4.74 Å². The SMILES string of the molecule is CC(=O)NC(C(=O)Nc1ccc(Oc2cccc(Br)c2)nc1)C1CCCC1. The molecule has 1 saturated carbocycles. The van der Waals surface area contributed by atoms with Crippen molar-refractivity contribution in [1.29, 1.82) is 0 Å². The Kier molecular flexibility index (Phi) is 6.45. The molecule has 0 spiro atoms. The molecule has 0 bridgehead atoms. The predicted octanol–water partition coefficient (Wildman–Crippen LogP) is 4.27. The maximum Gasteiger partial charge on any atom is 0.247 e. The molecule has 142 valence electrons. The molecule has 0 saturated heterocycles. The monoisotopic (exact) mass is 431 g/mol. The van der Waals surface area contributed by atoms with Gasteiger partial charge in [0.2, 0.25) is 17.7 Å². The van der Waals surface area contributed by atoms with Gasteiger partial charge in [-0.3, -0.25) is 9.59 Å². The molecule has 1 aromatic carbocycles. The molecule has 1 heterocycles. The Balaban J connectivity index is 1.63. The van der Waals surface area contributed by atoms with Gasteiger partial charge in [0.15, 0.2) is 0 Å². The second-order valence-electron chi connectivity index (χ2n) is 6.66. The number of rotatable bonds is 6. The van der Waals surface area contributed by atoms with Gasteiger partial charge in [-0.1, -0.05) is 34.8 Å². The summed E-state index contributed by atoms with van der Waals surface area (Å²) >= 11 is 3.39. The quantitative estimate of drug-likeness (QED) is 0.715. The number of halogens is 1. The molecular weight excluding hydrogens is 410 g/mol. The van der Waals surface area contributed by atoms with Crippen molar-refractivity contribution in [1.82, 2.24) is 10.3 Å². The number of carbonyl (C=O) groups excluding carboxylic acids is 2. The number of nitrogens with one attached hydrogen (secondary N) is 2. The Morgan fingerprint density at radius 3 is 2.63 bits per heavy atom. The maximum atomic E-state index is 12.7. The Hall–Kier alpha value is -2.41. The topological polar surface area (TPSA) is 80.3 Å². The molecule has 2 amide bonds. The third-order valence-electron chi connectivity index (χ3n) is 4.53. The molecule has 0 aliphatic heterocycles. The molecule has 2 aromatic rings. The zero-order valence-electron chi connectivity index (χ0n) is 15.1. The number of amides is 2. The first-order valence-electron chi connectivity index (χ1n) is 8.99. The highest BCUT2D eigenvalue weighted by molar-refractivity contribution is 9.10. The summed E-state index contributed by atoms with van der Waals surface area (Å²) in [5.41, 5.74) is 0.565. The summed E-state index contributed by atoms with van der Waals surface area (Å²) in [6, 6.07) is 10.4. The highest BCUT2D eigenvalue weighted by Gasteiger charge is 2.31. The van der Waals surface area contributed by atoms with Crippen LogP contribution in [0.15, 0.2) is 47.1 Å². The fourth-order valence-corrected chi connectivity index (χ4v) is 3.67. The summed E-state index contributed by atoms with van der Waals surface area (Å²) < 4.78 is 6.61. The third-order valence-corrected chi connectivity index (χ3v) is 5.03. The van der Waals surface area contributed by atoms with Crippen molar-refractivity contribution in [2.45, 2.75) is 38.6 Å². The van der Waals surface area contributed by atoms with Crippen LogP contribution < -0.4 is 15.4 Å². The highest BCUT2D eigenvalue weighted by Crippen LogP contribution is 2.29. The molecule has 1 atom stereocenters. The van der Waals surface area contributed by atoms with Crippen LogP contribution in [0, 0.1) is 5.92 Å². The van der Waals surface area contributed by atoms with Gasteiger partial charge < -0.3 is 15.4 Å². The Labute approximate surface area is 166 Å². The molecule has 1 aromatic heterocycles. The lowest BCUT2D eigenvalue weighted by Gasteiger charge is -2.23. The van der Waals surface area contributed by atoms with Gasteiger partial charge in [-0.05, 0) is 43.0 Å². The molecule has 0 radical (unpaired) electrons. The number of anilines is 1. The average Bonchev–Trinajstić information content (AvgIpc) is 3.15. The van der Waals surface area contributed by atoms with E-state index in [1.54, 1.807) is 18.3 Å². The van der Waals surface area contributed by atoms with Crippen molar-refractivity contribution in [2.24, 2.45) is 5.92 Å². The van der Waals surface area contributed by atoms with Crippen LogP contribution >= 0.6 is 15.9 Å². The van der Waals surface area contributed by atoms with Gasteiger partial charge >= 0.3 is 0 Å². The van der Waals surface area contributed by atoms with E-state index in [0.717, 1.165) is 30.2 Å². The third kappa shape index (κ3) is 5.53. The minimum absolute atomic E-state index is 0.181. The van der Waals surface area contributed by atoms with E-state index in [2.05, 4.69) is 31.5 Å². The van der Waals surface area contributed by atoms with Gasteiger partial charge in [0.25, 0.3) is 0 Å². The molecule has 1 aliphatic carbocycles. The number of benzene rings is 1. The van der Waals surface area contributed by atoms with E-state index in [0.29, 0.717) is 17.3 Å². The van der Waals surface area contributed by atoms with Crippen LogP contribution in [0.4, 0.5) is 5.69 Å². The molecule has 7 heteroatoms. The van der Waals surface area contributed by atoms with E-state index in [9.17, 15) is 9.59 Å². The van der Waals surface area contributed by atoms with Gasteiger partial charge in [-0.15, -0.1) is 0 Å². The van der Waals surface area contributed by atoms with Crippen LogP contribution in [0.3, 0.4) is 0 Å². The van der Waals surface area contributed by atoms with Gasteiger partial charge in [0.1, 0.15) is 11.8 Å². The first-order valence-corrected chi connectivity index (χ1v) is 9.78. The van der Waals surface area contributed by atoms with Crippen LogP contribution in [-0.4, -0.2) is 22.8 Å². The molecular formula is C20H22BrN3O3. The van der Waals surface area contributed by atoms with Gasteiger partial charge in [0.05, 0.1) is 11.9 Å². The fraction of sp³-hybridized carbons (Fsp3) is 0.350. The van der Waals surface area contributed by atoms with Crippen molar-refractivity contribution in [3.63, 3.8) is 0 Å². The molecule has 1 fully saturated rings. The predicted molar refractivity (Wildman–Crippen MR) is 107 cm³/mol. The largest absolute Gasteiger partial charge is 0.439 e. The molecule has 1 unspecified atom stereocenters. The number of ether oxygens (including phenoxy) is 1. The fourth-order valence-electron chi connectivity index (χ4n) is 3.29. The van der Waals surface area contributed by atoms with E-state index in [1.807, 2.05) is 24.3 Å². The zero-order chi connectivity index (χ0) is 19.2. The van der Waals surface area contributed by atoms with Crippen molar-refractivity contribution < 1.29 is 14.3 Å². The number of pyridine rings is 1. The van der Waals surface area contributed by atoms with Crippen LogP contribution in [0.25, 0.3) is 0 Å². The summed E-state index contributed by atoms with van der Waals surface area (Å²) in [5, 5.41) is 5.64. The van der Waals surface area contributed by atoms with Gasteiger partial charge in [0, 0.05) is 17.5 Å². The minimum Gasteiger partial charge on any atom is -0.439 e. The summed E-state index contributed by atoms with van der Waals surface area (Å²) in [6.45, 7) is 1.44. The van der Waals surface area contributed by atoms with Crippen LogP contribution in [-0.2, 0) is 9.59 Å². The first kappa shape index (κ1) is 19.4. The van der Waals surface area contributed by atoms with Crippen LogP contribution in [0.1, 0.15) is 32.6 Å². The van der Waals surface area contributed by atoms with E-state index < -0.39 is 6.04 Å². The minimum atomic E-state index is -0.511. The standard InChI is InChI=1S/C20H22BrN3O3/c1-13(25)23-19(14-5-2-3-6-14)20(26)24-16-9-10-18(22-12-16)27-17-8-4-7-15(21)11-17/h4,7-12,14,19H,2-3,5-6H2,1H3,(H,23,25)(H,24,26). The average molecular weight is 432 g/mol. The van der Waals surface area contributed by atoms with Crippen molar-refractivity contribution in [3.05, 3.63) is 47.1 Å². The summed E-state index contributed by atoms with van der Waals surface area (Å²) in [6.07, 6.45) is 5.64. The number of hydrogen-bond donors (Lipinski definition) is 2. The Morgan fingerprint density at radius 1 is 1.22 bits per heavy atom. The summed E-state index contributed by atoms with van der Waals surface area (Å²) in [5.74, 6) is 0.874. The maximum absolute atomic E-state index is 12.7. The van der Waals surface area contributed by atoms with Crippen molar-refractivity contribution in [3.8, 4) is 11.6 Å². The van der Waals surface area contributed by atoms with Crippen molar-refractivity contribution in [2.75, 3.05) is 5.32 Å². The zero-order valence-corrected chi connectivity index (χ0v) is 16.7. The van der Waals surface area contributed by atoms with E-state index in [1.165, 1.54) is 6.92 Å². The Bertz CT molecular complexity index is 804. The second kappa shape index (κ2) is 8.99. The lowest BCUT2D eigenvalue weighted by atomic mass is 9.97. The molecule has 27 heavy (non-hydrogen) atoms. The molecule has 1 aliphatic rings. The number of hydrogen-bond acceptors (Lipinski definition) is 4. The normalized spacial score (nSPS) is 15.2. The summed E-state index contributed by atoms with van der Waals surface area (Å²) in [4.78, 5) is 28.4. The number of aromatic nitrogens is 1. The van der Waals surface area contributed by atoms with Crippen molar-refractivity contribution >= 4 is 33.4 Å². The smallest absolute Gasteiger partial charge is 0.247 e. The molecule has 6 nitrogen and oxygen atoms in total. The second-order valence-corrected chi connectivity index (χ2v) is 7.57. The van der Waals surface area contributed by atoms with Crippen LogP contribution in [0.2, 0.25) is 0 Å². The van der Waals surface area contributed by atoms with Gasteiger partial charge in [-0.25, -0.2) is 4.98 Å². The molecule has 2 N–H and O–H groups in total. The van der Waals surface area contributed by atoms with E-state index >= 15 is 0 Å². The number of nitrogens with zero attached hydrogens (tertiary/aromatic N) is 1. The first-order chi connectivity index (χ1) is 13.0. The molecule has 3 rings (SSSR count). The summed E-state index contributed by atoms with van der Waals surface area (Å²) in [7, 11) is 0. The lowest BCUT2D eigenvalue weighted by molar-refractivity contribution is -0.126.